The van der Waals surface area contributed by atoms with Crippen LogP contribution < -0.4 is 0 Å². The fraction of sp³-hybridized carbons (Fsp3) is 0.0769. The smallest absolute Gasteiger partial charge is 0.338 e. The zero-order chi connectivity index (χ0) is 13.6. The van der Waals surface area contributed by atoms with E-state index in [2.05, 4.69) is 9.97 Å². The van der Waals surface area contributed by atoms with Gasteiger partial charge in [0.15, 0.2) is 11.6 Å². The molecule has 2 aromatic heterocycles. The first kappa shape index (κ1) is 11.5. The summed E-state index contributed by atoms with van der Waals surface area (Å²) in [5.41, 5.74) is 1.21. The van der Waals surface area contributed by atoms with Crippen molar-refractivity contribution < 1.29 is 18.7 Å². The number of fused-ring (bicyclic) bond motifs is 1. The Balaban J connectivity index is 2.29. The van der Waals surface area contributed by atoms with Gasteiger partial charge in [0.05, 0.1) is 17.3 Å². The highest BCUT2D eigenvalue weighted by atomic mass is 19.1. The number of benzene rings is 1. The predicted molar refractivity (Wildman–Crippen MR) is 65.5 cm³/mol. The maximum absolute atomic E-state index is 13.4. The molecule has 0 saturated carbocycles. The van der Waals surface area contributed by atoms with E-state index in [0.717, 1.165) is 11.6 Å². The second-order valence-electron chi connectivity index (χ2n) is 4.17. The van der Waals surface area contributed by atoms with E-state index in [-0.39, 0.29) is 11.1 Å². The van der Waals surface area contributed by atoms with Crippen LogP contribution in [0.25, 0.3) is 22.6 Å². The molecule has 96 valence electrons. The summed E-state index contributed by atoms with van der Waals surface area (Å²) in [7, 11) is 0. The SMILES string of the molecule is Cc1ccoc1-c1nc2c(C(=O)O)cc(F)cc2[nH]1. The first-order valence-corrected chi connectivity index (χ1v) is 5.53. The summed E-state index contributed by atoms with van der Waals surface area (Å²) in [6.07, 6.45) is 1.51. The predicted octanol–water partition coefficient (Wildman–Crippen LogP) is 2.97. The summed E-state index contributed by atoms with van der Waals surface area (Å²) in [6, 6.07) is 3.92. The van der Waals surface area contributed by atoms with Crippen molar-refractivity contribution in [3.8, 4) is 11.6 Å². The molecule has 5 nitrogen and oxygen atoms in total. The number of nitrogens with zero attached hydrogens (tertiary/aromatic N) is 1. The van der Waals surface area contributed by atoms with Gasteiger partial charge in [0.25, 0.3) is 0 Å². The Kier molecular flexibility index (Phi) is 2.38. The topological polar surface area (TPSA) is 79.1 Å². The molecular weight excluding hydrogens is 251 g/mol. The normalized spacial score (nSPS) is 11.1. The van der Waals surface area contributed by atoms with Gasteiger partial charge in [-0.3, -0.25) is 0 Å². The number of furan rings is 1. The zero-order valence-electron chi connectivity index (χ0n) is 9.90. The molecule has 0 spiro atoms. The van der Waals surface area contributed by atoms with Gasteiger partial charge in [0.2, 0.25) is 0 Å². The summed E-state index contributed by atoms with van der Waals surface area (Å²) < 4.78 is 18.6. The highest BCUT2D eigenvalue weighted by Crippen LogP contribution is 2.26. The van der Waals surface area contributed by atoms with Crippen molar-refractivity contribution in [3.63, 3.8) is 0 Å². The van der Waals surface area contributed by atoms with E-state index in [4.69, 9.17) is 9.52 Å². The Labute approximate surface area is 106 Å². The highest BCUT2D eigenvalue weighted by molar-refractivity contribution is 6.01. The fourth-order valence-electron chi connectivity index (χ4n) is 1.97. The number of carbonyl (C=O) groups is 1. The first-order valence-electron chi connectivity index (χ1n) is 5.53. The van der Waals surface area contributed by atoms with E-state index in [0.29, 0.717) is 17.1 Å². The molecule has 0 amide bonds. The molecule has 19 heavy (non-hydrogen) atoms. The van der Waals surface area contributed by atoms with Crippen molar-refractivity contribution in [1.29, 1.82) is 0 Å². The lowest BCUT2D eigenvalue weighted by atomic mass is 10.2. The van der Waals surface area contributed by atoms with E-state index in [1.165, 1.54) is 12.3 Å². The van der Waals surface area contributed by atoms with Crippen molar-refractivity contribution in [3.05, 3.63) is 41.4 Å². The van der Waals surface area contributed by atoms with Crippen molar-refractivity contribution in [2.75, 3.05) is 0 Å². The van der Waals surface area contributed by atoms with Crippen LogP contribution in [0.3, 0.4) is 0 Å². The van der Waals surface area contributed by atoms with Gasteiger partial charge in [0, 0.05) is 0 Å². The van der Waals surface area contributed by atoms with Gasteiger partial charge in [-0.05, 0) is 30.7 Å². The third-order valence-corrected chi connectivity index (χ3v) is 2.86. The lowest BCUT2D eigenvalue weighted by Gasteiger charge is -1.95. The number of aromatic amines is 1. The molecular formula is C13H9FN2O3. The number of aromatic nitrogens is 2. The average molecular weight is 260 g/mol. The fourth-order valence-corrected chi connectivity index (χ4v) is 1.97. The van der Waals surface area contributed by atoms with Crippen LogP contribution in [0, 0.1) is 12.7 Å². The lowest BCUT2D eigenvalue weighted by Crippen LogP contribution is -1.98. The average Bonchev–Trinajstić information content (AvgIpc) is 2.93. The Bertz CT molecular complexity index is 788. The number of rotatable bonds is 2. The number of H-pyrrole nitrogens is 1. The van der Waals surface area contributed by atoms with E-state index < -0.39 is 11.8 Å². The van der Waals surface area contributed by atoms with Gasteiger partial charge < -0.3 is 14.5 Å². The Morgan fingerprint density at radius 1 is 1.47 bits per heavy atom. The monoisotopic (exact) mass is 260 g/mol. The summed E-state index contributed by atoms with van der Waals surface area (Å²) in [5.74, 6) is -0.964. The maximum Gasteiger partial charge on any atom is 0.338 e. The second-order valence-corrected chi connectivity index (χ2v) is 4.17. The Morgan fingerprint density at radius 3 is 2.89 bits per heavy atom. The molecule has 3 aromatic rings. The number of hydrogen-bond acceptors (Lipinski definition) is 3. The van der Waals surface area contributed by atoms with Crippen LogP contribution in [-0.2, 0) is 0 Å². The standard InChI is InChI=1S/C13H9FN2O3/c1-6-2-3-19-11(6)12-15-9-5-7(14)4-8(13(17)18)10(9)16-12/h2-5H,1H3,(H,15,16)(H,17,18). The van der Waals surface area contributed by atoms with Gasteiger partial charge in [-0.2, -0.15) is 0 Å². The zero-order valence-corrected chi connectivity index (χ0v) is 9.90. The molecule has 0 aliphatic rings. The van der Waals surface area contributed by atoms with Crippen LogP contribution in [-0.4, -0.2) is 21.0 Å². The second kappa shape index (κ2) is 3.94. The van der Waals surface area contributed by atoms with Crippen molar-refractivity contribution in [1.82, 2.24) is 9.97 Å². The number of aromatic carboxylic acids is 1. The summed E-state index contributed by atoms with van der Waals surface area (Å²) >= 11 is 0. The largest absolute Gasteiger partial charge is 0.478 e. The number of hydrogen-bond donors (Lipinski definition) is 2. The summed E-state index contributed by atoms with van der Waals surface area (Å²) in [4.78, 5) is 18.1. The van der Waals surface area contributed by atoms with Gasteiger partial charge in [0.1, 0.15) is 11.3 Å². The van der Waals surface area contributed by atoms with Crippen LogP contribution in [0.1, 0.15) is 15.9 Å². The molecule has 0 radical (unpaired) electrons. The van der Waals surface area contributed by atoms with Crippen LogP contribution in [0.2, 0.25) is 0 Å². The minimum absolute atomic E-state index is 0.179. The molecule has 0 unspecified atom stereocenters. The molecule has 6 heteroatoms. The molecule has 0 fully saturated rings. The molecule has 0 aliphatic carbocycles. The molecule has 2 N–H and O–H groups in total. The molecule has 0 saturated heterocycles. The summed E-state index contributed by atoms with van der Waals surface area (Å²) in [6.45, 7) is 1.84. The minimum atomic E-state index is -1.22. The van der Waals surface area contributed by atoms with Crippen LogP contribution in [0.4, 0.5) is 4.39 Å². The lowest BCUT2D eigenvalue weighted by molar-refractivity contribution is 0.0698. The number of halogens is 1. The van der Waals surface area contributed by atoms with E-state index in [9.17, 15) is 9.18 Å². The van der Waals surface area contributed by atoms with Crippen LogP contribution in [0.5, 0.6) is 0 Å². The van der Waals surface area contributed by atoms with Gasteiger partial charge >= 0.3 is 5.97 Å². The Hall–Kier alpha value is -2.63. The van der Waals surface area contributed by atoms with Crippen LogP contribution >= 0.6 is 0 Å². The number of carboxylic acid groups (broad SMARTS) is 1. The van der Waals surface area contributed by atoms with E-state index in [1.807, 2.05) is 6.92 Å². The number of aryl methyl sites for hydroxylation is 1. The molecule has 3 rings (SSSR count). The van der Waals surface area contributed by atoms with Crippen molar-refractivity contribution in [2.45, 2.75) is 6.92 Å². The molecule has 0 atom stereocenters. The van der Waals surface area contributed by atoms with E-state index >= 15 is 0 Å². The van der Waals surface area contributed by atoms with Gasteiger partial charge in [-0.15, -0.1) is 0 Å². The summed E-state index contributed by atoms with van der Waals surface area (Å²) in [5, 5.41) is 9.06. The molecule has 1 aromatic carbocycles. The third-order valence-electron chi connectivity index (χ3n) is 2.86. The molecule has 0 bridgehead atoms. The van der Waals surface area contributed by atoms with Crippen molar-refractivity contribution >= 4 is 17.0 Å². The minimum Gasteiger partial charge on any atom is -0.478 e. The first-order chi connectivity index (χ1) is 9.06. The highest BCUT2D eigenvalue weighted by Gasteiger charge is 2.17. The van der Waals surface area contributed by atoms with Gasteiger partial charge in [-0.25, -0.2) is 14.2 Å². The molecule has 0 aliphatic heterocycles. The number of nitrogens with one attached hydrogen (secondary N) is 1. The number of carboxylic acids is 1. The molecule has 2 heterocycles. The Morgan fingerprint density at radius 2 is 2.26 bits per heavy atom. The van der Waals surface area contributed by atoms with Crippen molar-refractivity contribution in [2.24, 2.45) is 0 Å². The third kappa shape index (κ3) is 1.77. The maximum atomic E-state index is 13.4. The van der Waals surface area contributed by atoms with Crippen LogP contribution in [0.15, 0.2) is 28.9 Å². The number of imidazole rings is 1. The van der Waals surface area contributed by atoms with E-state index in [1.54, 1.807) is 6.07 Å². The van der Waals surface area contributed by atoms with Gasteiger partial charge in [-0.1, -0.05) is 0 Å². The quantitative estimate of drug-likeness (QED) is 0.742.